The van der Waals surface area contributed by atoms with Crippen LogP contribution in [0.5, 0.6) is 5.75 Å². The van der Waals surface area contributed by atoms with Crippen molar-refractivity contribution in [3.8, 4) is 5.75 Å². The van der Waals surface area contributed by atoms with Crippen molar-refractivity contribution in [1.29, 1.82) is 0 Å². The number of para-hydroxylation sites is 1. The van der Waals surface area contributed by atoms with Crippen LogP contribution in [-0.4, -0.2) is 27.1 Å². The van der Waals surface area contributed by atoms with Crippen molar-refractivity contribution in [2.24, 2.45) is 0 Å². The van der Waals surface area contributed by atoms with Crippen LogP contribution in [0.25, 0.3) is 11.0 Å². The highest BCUT2D eigenvalue weighted by Crippen LogP contribution is 2.14. The van der Waals surface area contributed by atoms with Crippen molar-refractivity contribution < 1.29 is 19.2 Å². The number of hydrogen-bond acceptors (Lipinski definition) is 6. The van der Waals surface area contributed by atoms with Gasteiger partial charge in [0.2, 0.25) is 0 Å². The molecule has 7 nitrogen and oxygen atoms in total. The molecule has 0 atom stereocenters. The number of ether oxygens (including phenoxy) is 1. The molecule has 0 aliphatic heterocycles. The van der Waals surface area contributed by atoms with Crippen molar-refractivity contribution in [3.05, 3.63) is 66.7 Å². The molecule has 0 bridgehead atoms. The van der Waals surface area contributed by atoms with Gasteiger partial charge in [-0.05, 0) is 41.6 Å². The quantitative estimate of drug-likeness (QED) is 0.316. The molecule has 3 aromatic rings. The number of benzene rings is 2. The Labute approximate surface area is 130 Å². The highest BCUT2D eigenvalue weighted by molar-refractivity contribution is 5.90. The molecule has 7 heteroatoms. The average molecular weight is 309 g/mol. The standard InChI is InChI=1S/C16H11N3O4/c1-2-15(20)22-12-9-7-11(8-10-12)16(21)23-19-14-6-4-3-5-13(14)17-18-19/h2-10H,1H2. The molecule has 0 N–H and O–H groups in total. The van der Waals surface area contributed by atoms with Crippen molar-refractivity contribution >= 4 is 23.0 Å². The van der Waals surface area contributed by atoms with Crippen LogP contribution in [0.15, 0.2) is 61.2 Å². The first-order valence-corrected chi connectivity index (χ1v) is 6.65. The van der Waals surface area contributed by atoms with Gasteiger partial charge in [0.25, 0.3) is 0 Å². The largest absolute Gasteiger partial charge is 0.423 e. The molecular formula is C16H11N3O4. The Morgan fingerprint density at radius 3 is 2.57 bits per heavy atom. The molecule has 0 unspecified atom stereocenters. The molecule has 0 radical (unpaired) electrons. The van der Waals surface area contributed by atoms with Gasteiger partial charge in [0.15, 0.2) is 0 Å². The van der Waals surface area contributed by atoms with Crippen molar-refractivity contribution in [2.45, 2.75) is 0 Å². The summed E-state index contributed by atoms with van der Waals surface area (Å²) < 4.78 is 4.93. The second-order valence-corrected chi connectivity index (χ2v) is 4.48. The fraction of sp³-hybridized carbons (Fsp3) is 0. The van der Waals surface area contributed by atoms with Crippen LogP contribution in [0, 0.1) is 0 Å². The van der Waals surface area contributed by atoms with E-state index >= 15 is 0 Å². The summed E-state index contributed by atoms with van der Waals surface area (Å²) in [5.74, 6) is -0.880. The van der Waals surface area contributed by atoms with E-state index in [2.05, 4.69) is 16.9 Å². The molecule has 2 aromatic carbocycles. The number of carbonyl (C=O) groups excluding carboxylic acids is 2. The van der Waals surface area contributed by atoms with Crippen molar-refractivity contribution in [2.75, 3.05) is 0 Å². The fourth-order valence-electron chi connectivity index (χ4n) is 1.86. The first kappa shape index (κ1) is 14.5. The maximum atomic E-state index is 12.1. The number of rotatable bonds is 4. The van der Waals surface area contributed by atoms with E-state index in [1.54, 1.807) is 18.2 Å². The van der Waals surface area contributed by atoms with Gasteiger partial charge >= 0.3 is 11.9 Å². The summed E-state index contributed by atoms with van der Waals surface area (Å²) in [5.41, 5.74) is 1.48. The number of carbonyl (C=O) groups is 2. The third-order valence-electron chi connectivity index (χ3n) is 2.97. The second kappa shape index (κ2) is 6.10. The minimum absolute atomic E-state index is 0.281. The lowest BCUT2D eigenvalue weighted by Gasteiger charge is -2.04. The first-order valence-electron chi connectivity index (χ1n) is 6.65. The average Bonchev–Trinajstić information content (AvgIpc) is 2.98. The SMILES string of the molecule is C=CC(=O)Oc1ccc(C(=O)On2nnc3ccccc32)cc1. The molecule has 23 heavy (non-hydrogen) atoms. The Morgan fingerprint density at radius 1 is 1.09 bits per heavy atom. The van der Waals surface area contributed by atoms with Crippen molar-refractivity contribution in [1.82, 2.24) is 15.2 Å². The summed E-state index contributed by atoms with van der Waals surface area (Å²) in [6.07, 6.45) is 1.05. The number of fused-ring (bicyclic) bond motifs is 1. The highest BCUT2D eigenvalue weighted by Gasteiger charge is 2.12. The summed E-state index contributed by atoms with van der Waals surface area (Å²) in [6.45, 7) is 3.30. The zero-order valence-corrected chi connectivity index (χ0v) is 11.9. The van der Waals surface area contributed by atoms with Crippen molar-refractivity contribution in [3.63, 3.8) is 0 Å². The number of nitrogens with zero attached hydrogens (tertiary/aromatic N) is 3. The molecule has 0 aliphatic rings. The molecular weight excluding hydrogens is 298 g/mol. The lowest BCUT2D eigenvalue weighted by molar-refractivity contribution is -0.128. The minimum Gasteiger partial charge on any atom is -0.423 e. The molecule has 0 aliphatic carbocycles. The molecule has 0 saturated heterocycles. The van der Waals surface area contributed by atoms with Crippen LogP contribution in [0.3, 0.4) is 0 Å². The molecule has 0 fully saturated rings. The van der Waals surface area contributed by atoms with Gasteiger partial charge in [-0.15, -0.1) is 5.10 Å². The van der Waals surface area contributed by atoms with Crippen LogP contribution in [-0.2, 0) is 4.79 Å². The number of hydrogen-bond donors (Lipinski definition) is 0. The van der Waals surface area contributed by atoms with Gasteiger partial charge in [-0.3, -0.25) is 0 Å². The van der Waals surface area contributed by atoms with Gasteiger partial charge in [-0.1, -0.05) is 23.6 Å². The predicted molar refractivity (Wildman–Crippen MR) is 80.7 cm³/mol. The van der Waals surface area contributed by atoms with Gasteiger partial charge in [-0.2, -0.15) is 0 Å². The molecule has 0 saturated carbocycles. The van der Waals surface area contributed by atoms with E-state index < -0.39 is 11.9 Å². The van der Waals surface area contributed by atoms with Crippen LogP contribution >= 0.6 is 0 Å². The van der Waals surface area contributed by atoms with Gasteiger partial charge < -0.3 is 9.57 Å². The Hall–Kier alpha value is -3.48. The Morgan fingerprint density at radius 2 is 1.83 bits per heavy atom. The Balaban J connectivity index is 1.75. The Kier molecular flexibility index (Phi) is 3.84. The topological polar surface area (TPSA) is 83.3 Å². The van der Waals surface area contributed by atoms with Crippen LogP contribution in [0.1, 0.15) is 10.4 Å². The maximum absolute atomic E-state index is 12.1. The van der Waals surface area contributed by atoms with Crippen LogP contribution in [0.2, 0.25) is 0 Å². The number of aromatic nitrogens is 3. The van der Waals surface area contributed by atoms with E-state index in [1.165, 1.54) is 24.3 Å². The van der Waals surface area contributed by atoms with Gasteiger partial charge in [-0.25, -0.2) is 9.59 Å². The first-order chi connectivity index (χ1) is 11.2. The third-order valence-corrected chi connectivity index (χ3v) is 2.97. The molecule has 0 amide bonds. The van der Waals surface area contributed by atoms with E-state index in [9.17, 15) is 9.59 Å². The molecule has 1 aromatic heterocycles. The monoisotopic (exact) mass is 309 g/mol. The van der Waals surface area contributed by atoms with Gasteiger partial charge in [0.1, 0.15) is 16.8 Å². The summed E-state index contributed by atoms with van der Waals surface area (Å²) in [5, 5.41) is 7.66. The fourth-order valence-corrected chi connectivity index (χ4v) is 1.86. The second-order valence-electron chi connectivity index (χ2n) is 4.48. The normalized spacial score (nSPS) is 10.3. The zero-order chi connectivity index (χ0) is 16.2. The predicted octanol–water partition coefficient (Wildman–Crippen LogP) is 1.79. The van der Waals surface area contributed by atoms with E-state index in [0.717, 1.165) is 10.9 Å². The number of esters is 1. The lowest BCUT2D eigenvalue weighted by Crippen LogP contribution is -2.21. The summed E-state index contributed by atoms with van der Waals surface area (Å²) in [7, 11) is 0. The van der Waals surface area contributed by atoms with E-state index in [1.807, 2.05) is 6.07 Å². The van der Waals surface area contributed by atoms with Gasteiger partial charge in [0.05, 0.1) is 5.56 Å². The molecule has 114 valence electrons. The third kappa shape index (κ3) is 3.08. The summed E-state index contributed by atoms with van der Waals surface area (Å²) in [6, 6.07) is 13.0. The zero-order valence-electron chi connectivity index (χ0n) is 11.9. The molecule has 3 rings (SSSR count). The van der Waals surface area contributed by atoms with E-state index in [4.69, 9.17) is 9.57 Å². The molecule has 0 spiro atoms. The minimum atomic E-state index is -0.609. The highest BCUT2D eigenvalue weighted by atomic mass is 16.7. The smallest absolute Gasteiger partial charge is 0.365 e. The van der Waals surface area contributed by atoms with E-state index in [-0.39, 0.29) is 5.56 Å². The summed E-state index contributed by atoms with van der Waals surface area (Å²) >= 11 is 0. The summed E-state index contributed by atoms with van der Waals surface area (Å²) in [4.78, 5) is 29.4. The van der Waals surface area contributed by atoms with Gasteiger partial charge in [0, 0.05) is 6.08 Å². The molecule has 1 heterocycles. The Bertz CT molecular complexity index is 884. The van der Waals surface area contributed by atoms with Crippen LogP contribution < -0.4 is 9.57 Å². The lowest BCUT2D eigenvalue weighted by atomic mass is 10.2. The maximum Gasteiger partial charge on any atom is 0.365 e. The van der Waals surface area contributed by atoms with Crippen LogP contribution in [0.4, 0.5) is 0 Å². The van der Waals surface area contributed by atoms with E-state index in [0.29, 0.717) is 16.8 Å².